The van der Waals surface area contributed by atoms with Gasteiger partial charge in [-0.25, -0.2) is 10.3 Å². The van der Waals surface area contributed by atoms with E-state index in [4.69, 9.17) is 9.57 Å². The second kappa shape index (κ2) is 8.89. The van der Waals surface area contributed by atoms with E-state index in [1.54, 1.807) is 6.92 Å². The molecule has 0 spiro atoms. The Balaban J connectivity index is 1.67. The highest BCUT2D eigenvalue weighted by Crippen LogP contribution is 2.44. The lowest BCUT2D eigenvalue weighted by Crippen LogP contribution is -2.49. The lowest BCUT2D eigenvalue weighted by atomic mass is 9.98. The molecule has 1 aliphatic carbocycles. The highest BCUT2D eigenvalue weighted by molar-refractivity contribution is 5.85. The highest BCUT2D eigenvalue weighted by atomic mass is 16.6. The van der Waals surface area contributed by atoms with E-state index in [0.29, 0.717) is 6.61 Å². The standard InChI is InChI=1S/C22H26N2O4/c1-4-28-24-21(25)20(14(2)3)23-22(26)27-13-19-17-11-7-5-9-15(17)16-10-6-8-12-18(16)19/h5-12,14,19-20H,4,13H2,1-3H3,(H,23,26)(H,24,25)/t20-/m0/s1. The second-order valence-electron chi connectivity index (χ2n) is 7.09. The van der Waals surface area contributed by atoms with Crippen molar-refractivity contribution in [1.29, 1.82) is 0 Å². The van der Waals surface area contributed by atoms with E-state index < -0.39 is 18.0 Å². The maximum atomic E-state index is 12.4. The van der Waals surface area contributed by atoms with Crippen molar-refractivity contribution in [3.63, 3.8) is 0 Å². The first-order valence-corrected chi connectivity index (χ1v) is 9.56. The van der Waals surface area contributed by atoms with Gasteiger partial charge in [0.15, 0.2) is 0 Å². The van der Waals surface area contributed by atoms with E-state index in [1.165, 1.54) is 11.1 Å². The van der Waals surface area contributed by atoms with Gasteiger partial charge in [-0.3, -0.25) is 9.63 Å². The summed E-state index contributed by atoms with van der Waals surface area (Å²) in [5.41, 5.74) is 6.96. The van der Waals surface area contributed by atoms with Gasteiger partial charge in [0.25, 0.3) is 5.91 Å². The number of fused-ring (bicyclic) bond motifs is 3. The molecular weight excluding hydrogens is 356 g/mol. The topological polar surface area (TPSA) is 76.7 Å². The molecule has 0 radical (unpaired) electrons. The molecule has 2 amide bonds. The predicted molar refractivity (Wildman–Crippen MR) is 107 cm³/mol. The second-order valence-corrected chi connectivity index (χ2v) is 7.09. The number of ether oxygens (including phenoxy) is 1. The molecule has 3 rings (SSSR count). The molecule has 1 aliphatic rings. The van der Waals surface area contributed by atoms with Crippen LogP contribution in [0.2, 0.25) is 0 Å². The van der Waals surface area contributed by atoms with Gasteiger partial charge in [0.2, 0.25) is 0 Å². The van der Waals surface area contributed by atoms with Gasteiger partial charge >= 0.3 is 6.09 Å². The third kappa shape index (κ3) is 4.17. The average Bonchev–Trinajstić information content (AvgIpc) is 3.02. The Morgan fingerprint density at radius 3 is 2.11 bits per heavy atom. The molecular formula is C22H26N2O4. The normalized spacial score (nSPS) is 13.6. The fourth-order valence-corrected chi connectivity index (χ4v) is 3.51. The Bertz CT molecular complexity index is 804. The summed E-state index contributed by atoms with van der Waals surface area (Å²) < 4.78 is 5.50. The number of hydroxylamine groups is 1. The van der Waals surface area contributed by atoms with Crippen LogP contribution in [0, 0.1) is 5.92 Å². The maximum Gasteiger partial charge on any atom is 0.407 e. The minimum absolute atomic E-state index is 0.0205. The Morgan fingerprint density at radius 1 is 1.00 bits per heavy atom. The van der Waals surface area contributed by atoms with Crippen molar-refractivity contribution >= 4 is 12.0 Å². The van der Waals surface area contributed by atoms with Crippen molar-refractivity contribution < 1.29 is 19.2 Å². The van der Waals surface area contributed by atoms with Gasteiger partial charge in [0.05, 0.1) is 6.61 Å². The third-order valence-electron chi connectivity index (χ3n) is 4.88. The zero-order valence-electron chi connectivity index (χ0n) is 16.4. The Kier molecular flexibility index (Phi) is 6.31. The van der Waals surface area contributed by atoms with Crippen molar-refractivity contribution in [3.05, 3.63) is 59.7 Å². The van der Waals surface area contributed by atoms with E-state index in [9.17, 15) is 9.59 Å². The Morgan fingerprint density at radius 2 is 1.57 bits per heavy atom. The van der Waals surface area contributed by atoms with Crippen LogP contribution in [0.5, 0.6) is 0 Å². The monoisotopic (exact) mass is 382 g/mol. The van der Waals surface area contributed by atoms with Gasteiger partial charge in [-0.15, -0.1) is 0 Å². The average molecular weight is 382 g/mol. The Hall–Kier alpha value is -2.86. The van der Waals surface area contributed by atoms with Crippen LogP contribution >= 0.6 is 0 Å². The van der Waals surface area contributed by atoms with Crippen LogP contribution in [0.25, 0.3) is 11.1 Å². The van der Waals surface area contributed by atoms with Gasteiger partial charge in [-0.2, -0.15) is 0 Å². The lowest BCUT2D eigenvalue weighted by molar-refractivity contribution is -0.136. The van der Waals surface area contributed by atoms with Crippen LogP contribution < -0.4 is 10.8 Å². The van der Waals surface area contributed by atoms with E-state index in [1.807, 2.05) is 38.1 Å². The fraction of sp³-hybridized carbons (Fsp3) is 0.364. The number of rotatable bonds is 7. The molecule has 0 unspecified atom stereocenters. The van der Waals surface area contributed by atoms with Crippen LogP contribution in [0.1, 0.15) is 37.8 Å². The van der Waals surface area contributed by atoms with Crippen LogP contribution in [-0.4, -0.2) is 31.3 Å². The van der Waals surface area contributed by atoms with Gasteiger partial charge < -0.3 is 10.1 Å². The Labute approximate surface area is 165 Å². The molecule has 0 heterocycles. The molecule has 0 saturated heterocycles. The first-order chi connectivity index (χ1) is 13.5. The van der Waals surface area contributed by atoms with E-state index in [-0.39, 0.29) is 18.4 Å². The van der Waals surface area contributed by atoms with Crippen molar-refractivity contribution in [2.24, 2.45) is 5.92 Å². The summed E-state index contributed by atoms with van der Waals surface area (Å²) in [7, 11) is 0. The molecule has 148 valence electrons. The summed E-state index contributed by atoms with van der Waals surface area (Å²) in [5.74, 6) is -0.529. The van der Waals surface area contributed by atoms with E-state index >= 15 is 0 Å². The number of amides is 2. The molecule has 0 bridgehead atoms. The SMILES string of the molecule is CCONC(=O)[C@@H](NC(=O)OCC1c2ccccc2-c2ccccc21)C(C)C. The summed E-state index contributed by atoms with van der Waals surface area (Å²) in [5, 5.41) is 2.64. The number of hydrogen-bond acceptors (Lipinski definition) is 4. The lowest BCUT2D eigenvalue weighted by Gasteiger charge is -2.22. The first kappa shape index (κ1) is 19.9. The molecule has 6 heteroatoms. The number of benzene rings is 2. The van der Waals surface area contributed by atoms with Crippen LogP contribution in [0.3, 0.4) is 0 Å². The number of alkyl carbamates (subject to hydrolysis) is 1. The van der Waals surface area contributed by atoms with E-state index in [0.717, 1.165) is 11.1 Å². The van der Waals surface area contributed by atoms with Crippen molar-refractivity contribution in [1.82, 2.24) is 10.8 Å². The number of hydrogen-bond donors (Lipinski definition) is 2. The quantitative estimate of drug-likeness (QED) is 0.717. The molecule has 28 heavy (non-hydrogen) atoms. The van der Waals surface area contributed by atoms with Crippen LogP contribution in [0.4, 0.5) is 4.79 Å². The third-order valence-corrected chi connectivity index (χ3v) is 4.88. The van der Waals surface area contributed by atoms with Gasteiger partial charge in [-0.1, -0.05) is 62.4 Å². The van der Waals surface area contributed by atoms with Gasteiger partial charge in [-0.05, 0) is 35.1 Å². The van der Waals surface area contributed by atoms with Crippen molar-refractivity contribution in [2.45, 2.75) is 32.7 Å². The van der Waals surface area contributed by atoms with Crippen molar-refractivity contribution in [2.75, 3.05) is 13.2 Å². The predicted octanol–water partition coefficient (Wildman–Crippen LogP) is 3.62. The number of nitrogens with one attached hydrogen (secondary N) is 2. The highest BCUT2D eigenvalue weighted by Gasteiger charge is 2.30. The van der Waals surface area contributed by atoms with Gasteiger partial charge in [0.1, 0.15) is 12.6 Å². The molecule has 2 aromatic rings. The molecule has 2 aromatic carbocycles. The number of carbonyl (C=O) groups is 2. The molecule has 2 N–H and O–H groups in total. The van der Waals surface area contributed by atoms with Gasteiger partial charge in [0, 0.05) is 5.92 Å². The summed E-state index contributed by atoms with van der Waals surface area (Å²) in [6.45, 7) is 6.02. The molecule has 0 aliphatic heterocycles. The minimum atomic E-state index is -0.734. The smallest absolute Gasteiger partial charge is 0.407 e. The van der Waals surface area contributed by atoms with Crippen LogP contribution in [0.15, 0.2) is 48.5 Å². The summed E-state index contributed by atoms with van der Waals surface area (Å²) >= 11 is 0. The maximum absolute atomic E-state index is 12.4. The number of carbonyl (C=O) groups excluding carboxylic acids is 2. The minimum Gasteiger partial charge on any atom is -0.449 e. The zero-order chi connectivity index (χ0) is 20.1. The zero-order valence-corrected chi connectivity index (χ0v) is 16.4. The summed E-state index contributed by atoms with van der Waals surface area (Å²) in [4.78, 5) is 29.5. The molecule has 0 saturated carbocycles. The largest absolute Gasteiger partial charge is 0.449 e. The molecule has 0 fully saturated rings. The molecule has 0 aromatic heterocycles. The summed E-state index contributed by atoms with van der Waals surface area (Å²) in [6, 6.07) is 15.6. The summed E-state index contributed by atoms with van der Waals surface area (Å²) in [6.07, 6.45) is -0.618. The molecule has 6 nitrogen and oxygen atoms in total. The fourth-order valence-electron chi connectivity index (χ4n) is 3.51. The van der Waals surface area contributed by atoms with E-state index in [2.05, 4.69) is 35.1 Å². The molecule has 1 atom stereocenters. The van der Waals surface area contributed by atoms with Crippen molar-refractivity contribution in [3.8, 4) is 11.1 Å². The first-order valence-electron chi connectivity index (χ1n) is 9.56. The van der Waals surface area contributed by atoms with Crippen LogP contribution in [-0.2, 0) is 14.4 Å².